The topological polar surface area (TPSA) is 25.2 Å². The summed E-state index contributed by atoms with van der Waals surface area (Å²) in [5.74, 6) is 0. The standard InChI is InChI=1S/C16H28ClNO/c1-3-5-6-7-8-9-10-15(18-12-4-2)14-11-13-19-16(14)17/h11,13,15,18H,3-10,12H2,1-2H3. The fourth-order valence-corrected chi connectivity index (χ4v) is 2.61. The molecule has 0 radical (unpaired) electrons. The number of hydrogen-bond donors (Lipinski definition) is 1. The Morgan fingerprint density at radius 3 is 2.47 bits per heavy atom. The van der Waals surface area contributed by atoms with Crippen LogP contribution in [0.4, 0.5) is 0 Å². The van der Waals surface area contributed by atoms with Gasteiger partial charge in [0.05, 0.1) is 6.26 Å². The summed E-state index contributed by atoms with van der Waals surface area (Å²) in [6.45, 7) is 5.47. The molecule has 0 saturated heterocycles. The summed E-state index contributed by atoms with van der Waals surface area (Å²) >= 11 is 6.09. The van der Waals surface area contributed by atoms with Crippen molar-refractivity contribution in [1.29, 1.82) is 0 Å². The van der Waals surface area contributed by atoms with E-state index in [-0.39, 0.29) is 0 Å². The highest BCUT2D eigenvalue weighted by Gasteiger charge is 2.15. The molecule has 0 aliphatic rings. The Balaban J connectivity index is 2.32. The number of rotatable bonds is 11. The Kier molecular flexibility index (Phi) is 9.02. The SMILES string of the molecule is CCCCCCCCC(NCCC)c1ccoc1Cl. The van der Waals surface area contributed by atoms with Crippen LogP contribution in [-0.2, 0) is 0 Å². The average molecular weight is 286 g/mol. The number of unbranched alkanes of at least 4 members (excludes halogenated alkanes) is 5. The number of halogens is 1. The van der Waals surface area contributed by atoms with Gasteiger partial charge < -0.3 is 9.73 Å². The molecule has 1 heterocycles. The normalized spacial score (nSPS) is 12.8. The highest BCUT2D eigenvalue weighted by atomic mass is 35.5. The van der Waals surface area contributed by atoms with E-state index >= 15 is 0 Å². The van der Waals surface area contributed by atoms with E-state index < -0.39 is 0 Å². The highest BCUT2D eigenvalue weighted by Crippen LogP contribution is 2.28. The van der Waals surface area contributed by atoms with Gasteiger partial charge in [0.1, 0.15) is 0 Å². The second-order valence-electron chi connectivity index (χ2n) is 5.21. The molecule has 1 aromatic heterocycles. The van der Waals surface area contributed by atoms with Crippen molar-refractivity contribution in [3.8, 4) is 0 Å². The lowest BCUT2D eigenvalue weighted by molar-refractivity contribution is 0.461. The van der Waals surface area contributed by atoms with Crippen molar-refractivity contribution in [2.75, 3.05) is 6.54 Å². The summed E-state index contributed by atoms with van der Waals surface area (Å²) < 4.78 is 5.21. The van der Waals surface area contributed by atoms with Crippen LogP contribution in [0.2, 0.25) is 5.22 Å². The molecule has 1 atom stereocenters. The average Bonchev–Trinajstić information content (AvgIpc) is 2.83. The molecule has 3 heteroatoms. The molecule has 0 aliphatic heterocycles. The van der Waals surface area contributed by atoms with Crippen LogP contribution in [0.5, 0.6) is 0 Å². The van der Waals surface area contributed by atoms with Crippen molar-refractivity contribution >= 4 is 11.6 Å². The van der Waals surface area contributed by atoms with Crippen molar-refractivity contribution in [3.63, 3.8) is 0 Å². The molecule has 1 rings (SSSR count). The van der Waals surface area contributed by atoms with Gasteiger partial charge in [-0.15, -0.1) is 0 Å². The van der Waals surface area contributed by atoms with Gasteiger partial charge in [-0.2, -0.15) is 0 Å². The molecule has 2 nitrogen and oxygen atoms in total. The van der Waals surface area contributed by atoms with E-state index in [4.69, 9.17) is 16.0 Å². The van der Waals surface area contributed by atoms with E-state index in [0.717, 1.165) is 24.9 Å². The second-order valence-corrected chi connectivity index (χ2v) is 5.56. The van der Waals surface area contributed by atoms with Gasteiger partial charge in [-0.3, -0.25) is 0 Å². The Bertz CT molecular complexity index is 324. The molecule has 0 fully saturated rings. The molecule has 0 aromatic carbocycles. The van der Waals surface area contributed by atoms with E-state index in [0.29, 0.717) is 11.3 Å². The molecular formula is C16H28ClNO. The van der Waals surface area contributed by atoms with E-state index in [1.807, 2.05) is 6.07 Å². The summed E-state index contributed by atoms with van der Waals surface area (Å²) in [5, 5.41) is 4.11. The molecule has 110 valence electrons. The van der Waals surface area contributed by atoms with E-state index in [2.05, 4.69) is 19.2 Å². The van der Waals surface area contributed by atoms with E-state index in [1.165, 1.54) is 38.5 Å². The first-order valence-corrected chi connectivity index (χ1v) is 8.13. The molecule has 1 aromatic rings. The van der Waals surface area contributed by atoms with Crippen LogP contribution in [0.15, 0.2) is 16.7 Å². The monoisotopic (exact) mass is 285 g/mol. The zero-order valence-electron chi connectivity index (χ0n) is 12.4. The second kappa shape index (κ2) is 10.3. The van der Waals surface area contributed by atoms with Gasteiger partial charge in [0.25, 0.3) is 0 Å². The van der Waals surface area contributed by atoms with Crippen LogP contribution in [0.1, 0.15) is 76.8 Å². The lowest BCUT2D eigenvalue weighted by Gasteiger charge is -2.17. The fraction of sp³-hybridized carbons (Fsp3) is 0.750. The number of furan rings is 1. The van der Waals surface area contributed by atoms with Gasteiger partial charge in [-0.05, 0) is 37.1 Å². The van der Waals surface area contributed by atoms with Crippen molar-refractivity contribution in [2.24, 2.45) is 0 Å². The minimum absolute atomic E-state index is 0.345. The molecule has 1 N–H and O–H groups in total. The highest BCUT2D eigenvalue weighted by molar-refractivity contribution is 6.29. The third-order valence-electron chi connectivity index (χ3n) is 3.51. The van der Waals surface area contributed by atoms with Gasteiger partial charge in [0.15, 0.2) is 5.22 Å². The van der Waals surface area contributed by atoms with E-state index in [9.17, 15) is 0 Å². The Morgan fingerprint density at radius 1 is 1.11 bits per heavy atom. The third-order valence-corrected chi connectivity index (χ3v) is 3.82. The van der Waals surface area contributed by atoms with Gasteiger partial charge in [-0.1, -0.05) is 52.4 Å². The number of hydrogen-bond acceptors (Lipinski definition) is 2. The maximum absolute atomic E-state index is 6.09. The first kappa shape index (κ1) is 16.6. The van der Waals surface area contributed by atoms with Gasteiger partial charge >= 0.3 is 0 Å². The maximum atomic E-state index is 6.09. The molecule has 19 heavy (non-hydrogen) atoms. The quantitative estimate of drug-likeness (QED) is 0.526. The molecule has 0 aliphatic carbocycles. The van der Waals surface area contributed by atoms with Gasteiger partial charge in [0, 0.05) is 11.6 Å². The zero-order chi connectivity index (χ0) is 13.9. The first-order valence-electron chi connectivity index (χ1n) is 7.75. The molecular weight excluding hydrogens is 258 g/mol. The smallest absolute Gasteiger partial charge is 0.197 e. The Labute approximate surface area is 122 Å². The molecule has 0 spiro atoms. The summed E-state index contributed by atoms with van der Waals surface area (Å²) in [6.07, 6.45) is 11.9. The minimum Gasteiger partial charge on any atom is -0.453 e. The lowest BCUT2D eigenvalue weighted by Crippen LogP contribution is -2.22. The first-order chi connectivity index (χ1) is 9.29. The lowest BCUT2D eigenvalue weighted by atomic mass is 10.0. The van der Waals surface area contributed by atoms with Crippen molar-refractivity contribution in [3.05, 3.63) is 23.1 Å². The van der Waals surface area contributed by atoms with Crippen LogP contribution >= 0.6 is 11.6 Å². The van der Waals surface area contributed by atoms with Crippen molar-refractivity contribution in [2.45, 2.75) is 71.3 Å². The third kappa shape index (κ3) is 6.49. The largest absolute Gasteiger partial charge is 0.453 e. The van der Waals surface area contributed by atoms with Crippen LogP contribution in [0, 0.1) is 0 Å². The predicted octanol–water partition coefficient (Wildman–Crippen LogP) is 5.72. The van der Waals surface area contributed by atoms with Crippen LogP contribution in [0.25, 0.3) is 0 Å². The summed E-state index contributed by atoms with van der Waals surface area (Å²) in [6, 6.07) is 2.34. The van der Waals surface area contributed by atoms with E-state index in [1.54, 1.807) is 6.26 Å². The van der Waals surface area contributed by atoms with Crippen molar-refractivity contribution in [1.82, 2.24) is 5.32 Å². The van der Waals surface area contributed by atoms with Crippen LogP contribution < -0.4 is 5.32 Å². The van der Waals surface area contributed by atoms with Crippen LogP contribution in [-0.4, -0.2) is 6.54 Å². The molecule has 0 saturated carbocycles. The van der Waals surface area contributed by atoms with Gasteiger partial charge in [0.2, 0.25) is 0 Å². The molecule has 0 amide bonds. The predicted molar refractivity (Wildman–Crippen MR) is 82.7 cm³/mol. The summed E-state index contributed by atoms with van der Waals surface area (Å²) in [4.78, 5) is 0. The van der Waals surface area contributed by atoms with Gasteiger partial charge in [-0.25, -0.2) is 0 Å². The molecule has 0 bridgehead atoms. The Hall–Kier alpha value is -0.470. The summed E-state index contributed by atoms with van der Waals surface area (Å²) in [5.41, 5.74) is 1.11. The maximum Gasteiger partial charge on any atom is 0.197 e. The summed E-state index contributed by atoms with van der Waals surface area (Å²) in [7, 11) is 0. The number of nitrogens with one attached hydrogen (secondary N) is 1. The molecule has 1 unspecified atom stereocenters. The van der Waals surface area contributed by atoms with Crippen LogP contribution in [0.3, 0.4) is 0 Å². The minimum atomic E-state index is 0.345. The zero-order valence-corrected chi connectivity index (χ0v) is 13.1. The fourth-order valence-electron chi connectivity index (χ4n) is 2.37. The van der Waals surface area contributed by atoms with Crippen molar-refractivity contribution < 1.29 is 4.42 Å². The Morgan fingerprint density at radius 2 is 1.84 bits per heavy atom.